The number of imidazole rings is 1. The third-order valence-electron chi connectivity index (χ3n) is 4.30. The first-order chi connectivity index (χ1) is 13.6. The smallest absolute Gasteiger partial charge is 0.247 e. The quantitative estimate of drug-likeness (QED) is 0.266. The van der Waals surface area contributed by atoms with Crippen molar-refractivity contribution in [2.45, 2.75) is 24.5 Å². The van der Waals surface area contributed by atoms with Crippen molar-refractivity contribution in [3.05, 3.63) is 36.4 Å². The molecule has 12 heteroatoms. The summed E-state index contributed by atoms with van der Waals surface area (Å²) in [6.07, 6.45) is 1.79. The molecule has 3 aromatic rings. The van der Waals surface area contributed by atoms with Gasteiger partial charge in [-0.05, 0) is 6.07 Å². The Morgan fingerprint density at radius 3 is 2.89 bits per heavy atom. The molecule has 6 N–H and O–H groups in total. The lowest BCUT2D eigenvalue weighted by atomic mass is 10.1. The van der Waals surface area contributed by atoms with Gasteiger partial charge in [0, 0.05) is 18.0 Å². The molecule has 0 aromatic carbocycles. The van der Waals surface area contributed by atoms with E-state index in [4.69, 9.17) is 10.5 Å². The average molecular weight is 386 g/mol. The zero-order valence-corrected chi connectivity index (χ0v) is 14.5. The van der Waals surface area contributed by atoms with Gasteiger partial charge in [0.1, 0.15) is 23.8 Å². The lowest BCUT2D eigenvalue weighted by molar-refractivity contribution is -0.0511. The van der Waals surface area contributed by atoms with Crippen LogP contribution in [0.1, 0.15) is 11.8 Å². The van der Waals surface area contributed by atoms with Crippen LogP contribution in [0.15, 0.2) is 36.0 Å². The molecule has 1 aliphatic rings. The number of hydrogen-bond acceptors (Lipinski definition) is 11. The molecule has 0 radical (unpaired) electrons. The third kappa shape index (κ3) is 3.25. The number of fused-ring (bicyclic) bond motifs is 1. The molecule has 0 saturated carbocycles. The molecule has 4 rings (SSSR count). The molecule has 3 aromatic heterocycles. The molecule has 0 spiro atoms. The van der Waals surface area contributed by atoms with Gasteiger partial charge in [0.05, 0.1) is 19.1 Å². The summed E-state index contributed by atoms with van der Waals surface area (Å²) in [4.78, 5) is 16.5. The number of nitrogens with one attached hydrogen (secondary N) is 1. The van der Waals surface area contributed by atoms with E-state index in [2.05, 4.69) is 30.5 Å². The first-order valence-electron chi connectivity index (χ1n) is 8.40. The molecule has 1 unspecified atom stereocenters. The molecular formula is C16H18N8O4. The third-order valence-corrected chi connectivity index (χ3v) is 4.30. The predicted molar refractivity (Wildman–Crippen MR) is 98.2 cm³/mol. The van der Waals surface area contributed by atoms with Gasteiger partial charge in [0.2, 0.25) is 5.95 Å². The number of anilines is 2. The van der Waals surface area contributed by atoms with Gasteiger partial charge < -0.3 is 25.8 Å². The van der Waals surface area contributed by atoms with Crippen LogP contribution in [-0.4, -0.2) is 71.0 Å². The van der Waals surface area contributed by atoms with Crippen LogP contribution in [-0.2, 0) is 4.74 Å². The Hall–Kier alpha value is -3.19. The maximum atomic E-state index is 10.2. The molecule has 1 aliphatic heterocycles. The molecule has 1 fully saturated rings. The van der Waals surface area contributed by atoms with Crippen LogP contribution >= 0.6 is 0 Å². The standard InChI is InChI=1S/C16H18N8O4/c17-13-10-14(22-16(21-13)23-20-5-8-2-1-3-18-4-8)24(7-19-10)15-12(27)11(26)9(6-25)28-15/h1-5,7,9,11-12,15,25-27H,6H2,(H3,17,21,22,23)/b20-5+/t9-,11-,12-,15?/m1/s1. The normalized spacial score (nSPS) is 25.0. The van der Waals surface area contributed by atoms with E-state index in [1.54, 1.807) is 24.7 Å². The largest absolute Gasteiger partial charge is 0.394 e. The summed E-state index contributed by atoms with van der Waals surface area (Å²) in [6, 6.07) is 3.61. The highest BCUT2D eigenvalue weighted by atomic mass is 16.6. The Morgan fingerprint density at radius 1 is 1.32 bits per heavy atom. The Bertz CT molecular complexity index is 995. The fourth-order valence-electron chi connectivity index (χ4n) is 2.90. The van der Waals surface area contributed by atoms with Gasteiger partial charge in [-0.25, -0.2) is 10.4 Å². The minimum atomic E-state index is -1.27. The molecular weight excluding hydrogens is 368 g/mol. The van der Waals surface area contributed by atoms with E-state index in [1.807, 2.05) is 6.07 Å². The van der Waals surface area contributed by atoms with Crippen LogP contribution in [0.2, 0.25) is 0 Å². The number of nitrogens with zero attached hydrogens (tertiary/aromatic N) is 6. The van der Waals surface area contributed by atoms with Crippen LogP contribution in [0, 0.1) is 0 Å². The number of pyridine rings is 1. The second-order valence-corrected chi connectivity index (χ2v) is 6.14. The highest BCUT2D eigenvalue weighted by Crippen LogP contribution is 2.32. The number of rotatable bonds is 5. The highest BCUT2D eigenvalue weighted by molar-refractivity contribution is 5.83. The Labute approximate surface area is 158 Å². The van der Waals surface area contributed by atoms with Gasteiger partial charge in [-0.15, -0.1) is 0 Å². The molecule has 0 aliphatic carbocycles. The minimum Gasteiger partial charge on any atom is -0.394 e. The fraction of sp³-hybridized carbons (Fsp3) is 0.312. The van der Waals surface area contributed by atoms with E-state index in [1.165, 1.54) is 10.9 Å². The molecule has 0 amide bonds. The van der Waals surface area contributed by atoms with Crippen molar-refractivity contribution >= 4 is 29.1 Å². The predicted octanol–water partition coefficient (Wildman–Crippen LogP) is -1.14. The molecule has 146 valence electrons. The lowest BCUT2D eigenvalue weighted by Gasteiger charge is -2.16. The number of aliphatic hydroxyl groups excluding tert-OH is 3. The summed E-state index contributed by atoms with van der Waals surface area (Å²) in [7, 11) is 0. The Kier molecular flexibility index (Phi) is 4.83. The maximum absolute atomic E-state index is 10.2. The van der Waals surface area contributed by atoms with Crippen LogP contribution < -0.4 is 11.2 Å². The Balaban J connectivity index is 1.63. The van der Waals surface area contributed by atoms with Crippen LogP contribution in [0.4, 0.5) is 11.8 Å². The zero-order chi connectivity index (χ0) is 19.7. The zero-order valence-electron chi connectivity index (χ0n) is 14.5. The van der Waals surface area contributed by atoms with Gasteiger partial charge in [0.25, 0.3) is 0 Å². The van der Waals surface area contributed by atoms with Gasteiger partial charge in [0.15, 0.2) is 17.7 Å². The van der Waals surface area contributed by atoms with Crippen molar-refractivity contribution in [3.8, 4) is 0 Å². The summed E-state index contributed by atoms with van der Waals surface area (Å²) in [5.74, 6) is 0.216. The number of nitrogen functional groups attached to an aromatic ring is 1. The number of hydrazone groups is 1. The van der Waals surface area contributed by atoms with E-state index in [0.29, 0.717) is 5.52 Å². The van der Waals surface area contributed by atoms with Crippen molar-refractivity contribution in [2.24, 2.45) is 5.10 Å². The van der Waals surface area contributed by atoms with Crippen molar-refractivity contribution in [1.29, 1.82) is 0 Å². The van der Waals surface area contributed by atoms with Crippen LogP contribution in [0.5, 0.6) is 0 Å². The Morgan fingerprint density at radius 2 is 2.18 bits per heavy atom. The summed E-state index contributed by atoms with van der Waals surface area (Å²) in [6.45, 7) is -0.436. The van der Waals surface area contributed by atoms with E-state index < -0.39 is 31.1 Å². The molecule has 4 heterocycles. The number of hydrogen-bond donors (Lipinski definition) is 5. The van der Waals surface area contributed by atoms with Crippen LogP contribution in [0.3, 0.4) is 0 Å². The van der Waals surface area contributed by atoms with E-state index in [0.717, 1.165) is 5.56 Å². The van der Waals surface area contributed by atoms with E-state index >= 15 is 0 Å². The van der Waals surface area contributed by atoms with Crippen LogP contribution in [0.25, 0.3) is 11.2 Å². The minimum absolute atomic E-state index is 0.106. The van der Waals surface area contributed by atoms with Gasteiger partial charge in [-0.1, -0.05) is 6.07 Å². The van der Waals surface area contributed by atoms with Crippen molar-refractivity contribution in [2.75, 3.05) is 17.8 Å². The van der Waals surface area contributed by atoms with Gasteiger partial charge in [-0.3, -0.25) is 9.55 Å². The van der Waals surface area contributed by atoms with E-state index in [-0.39, 0.29) is 17.4 Å². The number of nitrogens with two attached hydrogens (primary N) is 1. The second kappa shape index (κ2) is 7.44. The average Bonchev–Trinajstić information content (AvgIpc) is 3.24. The second-order valence-electron chi connectivity index (χ2n) is 6.14. The molecule has 0 bridgehead atoms. The number of aromatic nitrogens is 5. The fourth-order valence-corrected chi connectivity index (χ4v) is 2.90. The van der Waals surface area contributed by atoms with Gasteiger partial charge >= 0.3 is 0 Å². The molecule has 12 nitrogen and oxygen atoms in total. The summed E-state index contributed by atoms with van der Waals surface area (Å²) < 4.78 is 6.94. The van der Waals surface area contributed by atoms with Crippen molar-refractivity contribution in [1.82, 2.24) is 24.5 Å². The first kappa shape index (κ1) is 18.2. The van der Waals surface area contributed by atoms with Crippen molar-refractivity contribution in [3.63, 3.8) is 0 Å². The summed E-state index contributed by atoms with van der Waals surface area (Å²) >= 11 is 0. The molecule has 28 heavy (non-hydrogen) atoms. The topological polar surface area (TPSA) is 177 Å². The summed E-state index contributed by atoms with van der Waals surface area (Å²) in [5, 5.41) is 33.5. The van der Waals surface area contributed by atoms with Crippen molar-refractivity contribution < 1.29 is 20.1 Å². The first-order valence-corrected chi connectivity index (χ1v) is 8.40. The lowest BCUT2D eigenvalue weighted by Crippen LogP contribution is -2.33. The summed E-state index contributed by atoms with van der Waals surface area (Å²) in [5.41, 5.74) is 9.99. The molecule has 4 atom stereocenters. The monoisotopic (exact) mass is 386 g/mol. The highest BCUT2D eigenvalue weighted by Gasteiger charge is 2.44. The molecule has 1 saturated heterocycles. The number of aliphatic hydroxyl groups is 3. The number of ether oxygens (including phenoxy) is 1. The van der Waals surface area contributed by atoms with Gasteiger partial charge in [-0.2, -0.15) is 15.1 Å². The maximum Gasteiger partial charge on any atom is 0.247 e. The van der Waals surface area contributed by atoms with E-state index in [9.17, 15) is 15.3 Å². The SMILES string of the molecule is Nc1nc(N/N=C/c2cccnc2)nc2c1ncn2C1O[C@H](CO)[C@@H](O)[C@H]1O.